The van der Waals surface area contributed by atoms with Crippen molar-refractivity contribution in [3.8, 4) is 11.5 Å². The van der Waals surface area contributed by atoms with Crippen molar-refractivity contribution in [3.05, 3.63) is 23.3 Å². The first kappa shape index (κ1) is 13.7. The fourth-order valence-corrected chi connectivity index (χ4v) is 2.03. The molecule has 0 saturated carbocycles. The Kier molecular flexibility index (Phi) is 3.66. The van der Waals surface area contributed by atoms with Crippen LogP contribution in [0, 0.1) is 5.41 Å². The topological polar surface area (TPSA) is 65.0 Å². The molecular formula is C14H18O5. The largest absolute Gasteiger partial charge is 0.481 e. The van der Waals surface area contributed by atoms with Gasteiger partial charge >= 0.3 is 5.97 Å². The summed E-state index contributed by atoms with van der Waals surface area (Å²) in [6, 6.07) is 3.71. The third-order valence-electron chi connectivity index (χ3n) is 3.21. The SMILES string of the molecule is COCc1cc2c(cc1CC(C)(C)C(=O)O)OCO2. The molecule has 1 aliphatic heterocycles. The van der Waals surface area contributed by atoms with E-state index < -0.39 is 11.4 Å². The van der Waals surface area contributed by atoms with E-state index in [4.69, 9.17) is 14.2 Å². The zero-order chi connectivity index (χ0) is 14.0. The normalized spacial score (nSPS) is 13.6. The molecular weight excluding hydrogens is 248 g/mol. The molecule has 0 bridgehead atoms. The summed E-state index contributed by atoms with van der Waals surface area (Å²) in [5, 5.41) is 9.23. The van der Waals surface area contributed by atoms with Gasteiger partial charge in [0.25, 0.3) is 0 Å². The van der Waals surface area contributed by atoms with E-state index in [9.17, 15) is 9.90 Å². The number of carbonyl (C=O) groups is 1. The smallest absolute Gasteiger partial charge is 0.309 e. The first-order chi connectivity index (χ1) is 8.94. The molecule has 1 aromatic rings. The van der Waals surface area contributed by atoms with Gasteiger partial charge in [0, 0.05) is 7.11 Å². The molecule has 1 aliphatic rings. The Balaban J connectivity index is 2.35. The van der Waals surface area contributed by atoms with E-state index in [0.29, 0.717) is 24.5 Å². The number of ether oxygens (including phenoxy) is 3. The van der Waals surface area contributed by atoms with Crippen LogP contribution in [0.2, 0.25) is 0 Å². The summed E-state index contributed by atoms with van der Waals surface area (Å²) in [5.41, 5.74) is 1.01. The van der Waals surface area contributed by atoms with Crippen LogP contribution in [0.3, 0.4) is 0 Å². The van der Waals surface area contributed by atoms with Gasteiger partial charge < -0.3 is 19.3 Å². The lowest BCUT2D eigenvalue weighted by molar-refractivity contribution is -0.146. The quantitative estimate of drug-likeness (QED) is 0.885. The van der Waals surface area contributed by atoms with Crippen LogP contribution in [0.15, 0.2) is 12.1 Å². The van der Waals surface area contributed by atoms with Gasteiger partial charge in [-0.05, 0) is 43.5 Å². The second-order valence-corrected chi connectivity index (χ2v) is 5.27. The van der Waals surface area contributed by atoms with Crippen molar-refractivity contribution in [1.29, 1.82) is 0 Å². The van der Waals surface area contributed by atoms with Gasteiger partial charge in [-0.2, -0.15) is 0 Å². The molecule has 0 radical (unpaired) electrons. The monoisotopic (exact) mass is 266 g/mol. The second-order valence-electron chi connectivity index (χ2n) is 5.27. The Bertz CT molecular complexity index is 493. The highest BCUT2D eigenvalue weighted by Gasteiger charge is 2.29. The standard InChI is InChI=1S/C14H18O5/c1-14(2,13(15)16)6-9-4-11-12(19-8-18-11)5-10(9)7-17-3/h4-5H,6-8H2,1-3H3,(H,15,16). The number of hydrogen-bond donors (Lipinski definition) is 1. The van der Waals surface area contributed by atoms with Crippen LogP contribution in [-0.2, 0) is 22.6 Å². The molecule has 1 N–H and O–H groups in total. The first-order valence-electron chi connectivity index (χ1n) is 6.08. The number of carboxylic acid groups (broad SMARTS) is 1. The van der Waals surface area contributed by atoms with Crippen molar-refractivity contribution < 1.29 is 24.1 Å². The molecule has 5 heteroatoms. The lowest BCUT2D eigenvalue weighted by Gasteiger charge is -2.21. The van der Waals surface area contributed by atoms with Gasteiger partial charge in [-0.15, -0.1) is 0 Å². The van der Waals surface area contributed by atoms with E-state index >= 15 is 0 Å². The summed E-state index contributed by atoms with van der Waals surface area (Å²) in [5.74, 6) is 0.522. The number of fused-ring (bicyclic) bond motifs is 1. The lowest BCUT2D eigenvalue weighted by atomic mass is 9.84. The Morgan fingerprint density at radius 3 is 2.42 bits per heavy atom. The molecule has 1 heterocycles. The maximum absolute atomic E-state index is 11.2. The molecule has 0 atom stereocenters. The van der Waals surface area contributed by atoms with Crippen LogP contribution in [0.4, 0.5) is 0 Å². The Morgan fingerprint density at radius 2 is 1.89 bits per heavy atom. The van der Waals surface area contributed by atoms with Crippen LogP contribution in [-0.4, -0.2) is 25.0 Å². The number of hydrogen-bond acceptors (Lipinski definition) is 4. The summed E-state index contributed by atoms with van der Waals surface area (Å²) in [7, 11) is 1.61. The molecule has 19 heavy (non-hydrogen) atoms. The molecule has 0 amide bonds. The summed E-state index contributed by atoms with van der Waals surface area (Å²) in [6.07, 6.45) is 0.414. The van der Waals surface area contributed by atoms with Gasteiger partial charge in [0.15, 0.2) is 11.5 Å². The van der Waals surface area contributed by atoms with Crippen molar-refractivity contribution >= 4 is 5.97 Å². The number of benzene rings is 1. The number of methoxy groups -OCH3 is 1. The summed E-state index contributed by atoms with van der Waals surface area (Å²) >= 11 is 0. The minimum atomic E-state index is -0.837. The molecule has 0 fully saturated rings. The zero-order valence-corrected chi connectivity index (χ0v) is 11.4. The number of aliphatic carboxylic acids is 1. The molecule has 0 spiro atoms. The average molecular weight is 266 g/mol. The van der Waals surface area contributed by atoms with Gasteiger partial charge in [-0.1, -0.05) is 0 Å². The maximum atomic E-state index is 11.2. The summed E-state index contributed by atoms with van der Waals surface area (Å²) in [6.45, 7) is 4.03. The van der Waals surface area contributed by atoms with Gasteiger partial charge in [-0.3, -0.25) is 4.79 Å². The average Bonchev–Trinajstić information content (AvgIpc) is 2.76. The van der Waals surface area contributed by atoms with Gasteiger partial charge in [0.2, 0.25) is 6.79 Å². The fraction of sp³-hybridized carbons (Fsp3) is 0.500. The molecule has 0 saturated heterocycles. The zero-order valence-electron chi connectivity index (χ0n) is 11.4. The minimum absolute atomic E-state index is 0.202. The van der Waals surface area contributed by atoms with E-state index in [1.807, 2.05) is 12.1 Å². The van der Waals surface area contributed by atoms with Crippen molar-refractivity contribution in [2.24, 2.45) is 5.41 Å². The molecule has 104 valence electrons. The van der Waals surface area contributed by atoms with Gasteiger partial charge in [0.1, 0.15) is 0 Å². The van der Waals surface area contributed by atoms with E-state index in [2.05, 4.69) is 0 Å². The van der Waals surface area contributed by atoms with Crippen LogP contribution in [0.5, 0.6) is 11.5 Å². The molecule has 1 aromatic carbocycles. The molecule has 0 unspecified atom stereocenters. The Hall–Kier alpha value is -1.75. The fourth-order valence-electron chi connectivity index (χ4n) is 2.03. The first-order valence-corrected chi connectivity index (χ1v) is 6.08. The predicted octanol–water partition coefficient (Wildman–Crippen LogP) is 2.21. The maximum Gasteiger partial charge on any atom is 0.309 e. The highest BCUT2D eigenvalue weighted by atomic mass is 16.7. The second kappa shape index (κ2) is 5.09. The number of rotatable bonds is 5. The van der Waals surface area contributed by atoms with Crippen LogP contribution in [0.25, 0.3) is 0 Å². The van der Waals surface area contributed by atoms with E-state index in [-0.39, 0.29) is 6.79 Å². The van der Waals surface area contributed by atoms with Gasteiger partial charge in [-0.25, -0.2) is 0 Å². The van der Waals surface area contributed by atoms with E-state index in [1.165, 1.54) is 0 Å². The van der Waals surface area contributed by atoms with Gasteiger partial charge in [0.05, 0.1) is 12.0 Å². The molecule has 0 aromatic heterocycles. The molecule has 5 nitrogen and oxygen atoms in total. The van der Waals surface area contributed by atoms with Crippen molar-refractivity contribution in [2.75, 3.05) is 13.9 Å². The van der Waals surface area contributed by atoms with Crippen LogP contribution < -0.4 is 9.47 Å². The molecule has 0 aliphatic carbocycles. The summed E-state index contributed by atoms with van der Waals surface area (Å²) in [4.78, 5) is 11.2. The van der Waals surface area contributed by atoms with Crippen molar-refractivity contribution in [3.63, 3.8) is 0 Å². The highest BCUT2D eigenvalue weighted by Crippen LogP contribution is 2.37. The lowest BCUT2D eigenvalue weighted by Crippen LogP contribution is -2.26. The van der Waals surface area contributed by atoms with Crippen LogP contribution >= 0.6 is 0 Å². The minimum Gasteiger partial charge on any atom is -0.481 e. The summed E-state index contributed by atoms with van der Waals surface area (Å²) < 4.78 is 15.8. The Morgan fingerprint density at radius 1 is 1.32 bits per heavy atom. The van der Waals surface area contributed by atoms with Crippen LogP contribution in [0.1, 0.15) is 25.0 Å². The Labute approximate surface area is 112 Å². The number of carboxylic acids is 1. The van der Waals surface area contributed by atoms with Crippen molar-refractivity contribution in [1.82, 2.24) is 0 Å². The van der Waals surface area contributed by atoms with E-state index in [1.54, 1.807) is 21.0 Å². The van der Waals surface area contributed by atoms with E-state index in [0.717, 1.165) is 11.1 Å². The highest BCUT2D eigenvalue weighted by molar-refractivity contribution is 5.74. The van der Waals surface area contributed by atoms with Crippen molar-refractivity contribution in [2.45, 2.75) is 26.9 Å². The molecule has 2 rings (SSSR count). The third-order valence-corrected chi connectivity index (χ3v) is 3.21. The third kappa shape index (κ3) is 2.81. The predicted molar refractivity (Wildman–Crippen MR) is 68.4 cm³/mol.